The van der Waals surface area contributed by atoms with Gasteiger partial charge in [0.25, 0.3) is 11.6 Å². The van der Waals surface area contributed by atoms with E-state index in [1.165, 1.54) is 29.5 Å². The van der Waals surface area contributed by atoms with Crippen LogP contribution < -0.4 is 11.1 Å². The molecule has 7 nitrogen and oxygen atoms in total. The minimum atomic E-state index is -0.508. The first-order valence-electron chi connectivity index (χ1n) is 10.8. The Morgan fingerprint density at radius 2 is 1.71 bits per heavy atom. The van der Waals surface area contributed by atoms with Crippen molar-refractivity contribution in [1.29, 1.82) is 0 Å². The van der Waals surface area contributed by atoms with Gasteiger partial charge >= 0.3 is 0 Å². The Balaban J connectivity index is 1.64. The largest absolute Gasteiger partial charge is 0.397 e. The molecule has 0 saturated heterocycles. The third-order valence-corrected chi connectivity index (χ3v) is 6.75. The number of thiophene rings is 1. The van der Waals surface area contributed by atoms with Crippen LogP contribution in [0.5, 0.6) is 0 Å². The molecule has 172 valence electrons. The molecule has 0 fully saturated rings. The molecule has 0 unspecified atom stereocenters. The first-order valence-corrected chi connectivity index (χ1v) is 11.6. The zero-order valence-corrected chi connectivity index (χ0v) is 19.5. The number of nitrogens with one attached hydrogen (secondary N) is 1. The van der Waals surface area contributed by atoms with Crippen molar-refractivity contribution in [3.05, 3.63) is 105 Å². The number of fused-ring (bicyclic) bond motifs is 1. The van der Waals surface area contributed by atoms with E-state index in [1.54, 1.807) is 6.07 Å². The van der Waals surface area contributed by atoms with Crippen molar-refractivity contribution in [3.8, 4) is 22.4 Å². The predicted octanol–water partition coefficient (Wildman–Crippen LogP) is 6.68. The molecule has 0 atom stereocenters. The van der Waals surface area contributed by atoms with E-state index in [1.807, 2.05) is 67.6 Å². The van der Waals surface area contributed by atoms with Crippen LogP contribution in [0, 0.1) is 17.0 Å². The molecular weight excluding hydrogens is 460 g/mol. The number of non-ortho nitro benzene ring substituents is 1. The highest BCUT2D eigenvalue weighted by Gasteiger charge is 2.22. The molecule has 5 aromatic rings. The molecule has 3 N–H and O–H groups in total. The third-order valence-electron chi connectivity index (χ3n) is 5.65. The summed E-state index contributed by atoms with van der Waals surface area (Å²) in [6.45, 7) is 2.02. The molecule has 3 aromatic carbocycles. The molecule has 0 radical (unpaired) electrons. The highest BCUT2D eigenvalue weighted by molar-refractivity contribution is 7.21. The van der Waals surface area contributed by atoms with Crippen molar-refractivity contribution in [1.82, 2.24) is 4.98 Å². The van der Waals surface area contributed by atoms with Gasteiger partial charge in [0.05, 0.1) is 16.3 Å². The molecular formula is C27H20N4O3S. The second-order valence-electron chi connectivity index (χ2n) is 8.07. The Morgan fingerprint density at radius 1 is 0.971 bits per heavy atom. The number of aromatic nitrogens is 1. The average Bonchev–Trinajstić information content (AvgIpc) is 3.21. The van der Waals surface area contributed by atoms with E-state index in [2.05, 4.69) is 5.32 Å². The number of carbonyl (C=O) groups excluding carboxylic acids is 1. The highest BCUT2D eigenvalue weighted by Crippen LogP contribution is 2.41. The average molecular weight is 481 g/mol. The Hall–Kier alpha value is -4.56. The van der Waals surface area contributed by atoms with Gasteiger partial charge in [-0.15, -0.1) is 11.3 Å². The van der Waals surface area contributed by atoms with E-state index in [-0.39, 0.29) is 5.69 Å². The minimum Gasteiger partial charge on any atom is -0.397 e. The number of aryl methyl sites for hydroxylation is 1. The minimum absolute atomic E-state index is 0.108. The summed E-state index contributed by atoms with van der Waals surface area (Å²) in [5, 5.41) is 14.5. The molecule has 35 heavy (non-hydrogen) atoms. The van der Waals surface area contributed by atoms with E-state index < -0.39 is 10.8 Å². The molecule has 0 aliphatic heterocycles. The van der Waals surface area contributed by atoms with Crippen molar-refractivity contribution in [2.45, 2.75) is 6.92 Å². The van der Waals surface area contributed by atoms with E-state index in [4.69, 9.17) is 10.7 Å². The van der Waals surface area contributed by atoms with Crippen LogP contribution in [0.1, 0.15) is 15.2 Å². The van der Waals surface area contributed by atoms with E-state index in [0.29, 0.717) is 26.5 Å². The van der Waals surface area contributed by atoms with Crippen LogP contribution in [0.15, 0.2) is 84.9 Å². The molecule has 8 heteroatoms. The first kappa shape index (κ1) is 22.2. The second-order valence-corrected chi connectivity index (χ2v) is 9.07. The fourth-order valence-corrected chi connectivity index (χ4v) is 4.91. The van der Waals surface area contributed by atoms with Crippen LogP contribution in [0.25, 0.3) is 32.6 Å². The lowest BCUT2D eigenvalue weighted by atomic mass is 9.99. The van der Waals surface area contributed by atoms with Gasteiger partial charge < -0.3 is 11.1 Å². The highest BCUT2D eigenvalue weighted by atomic mass is 32.1. The maximum atomic E-state index is 13.2. The molecule has 0 aliphatic carbocycles. The fourth-order valence-electron chi connectivity index (χ4n) is 3.89. The summed E-state index contributed by atoms with van der Waals surface area (Å²) in [5.41, 5.74) is 11.8. The number of rotatable bonds is 5. The predicted molar refractivity (Wildman–Crippen MR) is 141 cm³/mol. The first-order chi connectivity index (χ1) is 16.9. The topological polar surface area (TPSA) is 111 Å². The number of benzene rings is 3. The van der Waals surface area contributed by atoms with Crippen LogP contribution in [-0.2, 0) is 0 Å². The van der Waals surface area contributed by atoms with Crippen molar-refractivity contribution >= 4 is 44.5 Å². The number of nitrogen functional groups attached to an aromatic ring is 1. The van der Waals surface area contributed by atoms with Gasteiger partial charge in [0.15, 0.2) is 0 Å². The van der Waals surface area contributed by atoms with Crippen LogP contribution in [0.4, 0.5) is 17.1 Å². The zero-order chi connectivity index (χ0) is 24.5. The van der Waals surface area contributed by atoms with Crippen LogP contribution in [0.2, 0.25) is 0 Å². The fraction of sp³-hybridized carbons (Fsp3) is 0.0370. The number of nitrogens with zero attached hydrogens (tertiary/aromatic N) is 2. The lowest BCUT2D eigenvalue weighted by Gasteiger charge is -2.09. The number of carbonyl (C=O) groups is 1. The van der Waals surface area contributed by atoms with E-state index in [9.17, 15) is 14.9 Å². The summed E-state index contributed by atoms with van der Waals surface area (Å²) >= 11 is 1.20. The van der Waals surface area contributed by atoms with Crippen LogP contribution >= 0.6 is 11.3 Å². The Bertz CT molecular complexity index is 1580. The van der Waals surface area contributed by atoms with Gasteiger partial charge in [0, 0.05) is 28.8 Å². The summed E-state index contributed by atoms with van der Waals surface area (Å²) in [6, 6.07) is 25.7. The molecule has 2 heterocycles. The molecule has 2 aromatic heterocycles. The third kappa shape index (κ3) is 4.34. The Labute approximate surface area is 205 Å². The lowest BCUT2D eigenvalue weighted by Crippen LogP contribution is -2.12. The quantitative estimate of drug-likeness (QED) is 0.215. The number of nitro groups is 1. The summed E-state index contributed by atoms with van der Waals surface area (Å²) in [4.78, 5) is 29.5. The molecule has 1 amide bonds. The smallest absolute Gasteiger partial charge is 0.271 e. The van der Waals surface area contributed by atoms with Crippen molar-refractivity contribution < 1.29 is 9.72 Å². The van der Waals surface area contributed by atoms with E-state index in [0.717, 1.165) is 27.9 Å². The number of hydrogen-bond acceptors (Lipinski definition) is 6. The zero-order valence-electron chi connectivity index (χ0n) is 18.7. The number of anilines is 2. The van der Waals surface area contributed by atoms with Gasteiger partial charge in [-0.1, -0.05) is 66.2 Å². The van der Waals surface area contributed by atoms with Gasteiger partial charge in [-0.25, -0.2) is 4.98 Å². The molecule has 0 saturated carbocycles. The summed E-state index contributed by atoms with van der Waals surface area (Å²) in [6.07, 6.45) is 0. The molecule has 0 bridgehead atoms. The normalized spacial score (nSPS) is 10.9. The van der Waals surface area contributed by atoms with Crippen molar-refractivity contribution in [2.24, 2.45) is 0 Å². The number of nitrogens with two attached hydrogens (primary N) is 1. The number of pyridine rings is 1. The molecule has 5 rings (SSSR count). The summed E-state index contributed by atoms with van der Waals surface area (Å²) < 4.78 is 0. The Kier molecular flexibility index (Phi) is 5.72. The second kappa shape index (κ2) is 9.00. The van der Waals surface area contributed by atoms with Gasteiger partial charge in [-0.05, 0) is 30.2 Å². The number of amides is 1. The maximum absolute atomic E-state index is 13.2. The summed E-state index contributed by atoms with van der Waals surface area (Å²) in [7, 11) is 0. The van der Waals surface area contributed by atoms with Crippen molar-refractivity contribution in [2.75, 3.05) is 11.1 Å². The lowest BCUT2D eigenvalue weighted by molar-refractivity contribution is -0.384. The number of hydrogen-bond donors (Lipinski definition) is 2. The van der Waals surface area contributed by atoms with Gasteiger partial charge in [0.2, 0.25) is 0 Å². The number of nitro benzene ring substituents is 1. The standard InChI is InChI=1S/C27H20N4O3S/c1-16-10-12-17(13-11-16)21-15-22(18-6-3-2-4-7-18)30-27-23(21)24(28)25(35-27)26(32)29-19-8-5-9-20(14-19)31(33)34/h2-15H,28H2,1H3,(H,29,32). The van der Waals surface area contributed by atoms with Crippen LogP contribution in [0.3, 0.4) is 0 Å². The van der Waals surface area contributed by atoms with Crippen LogP contribution in [-0.4, -0.2) is 15.8 Å². The molecule has 0 aliphatic rings. The van der Waals surface area contributed by atoms with Gasteiger partial charge in [-0.2, -0.15) is 0 Å². The van der Waals surface area contributed by atoms with Gasteiger partial charge in [-0.3, -0.25) is 14.9 Å². The SMILES string of the molecule is Cc1ccc(-c2cc(-c3ccccc3)nc3sc(C(=O)Nc4cccc([N+](=O)[O-])c4)c(N)c23)cc1. The van der Waals surface area contributed by atoms with Gasteiger partial charge in [0.1, 0.15) is 9.71 Å². The summed E-state index contributed by atoms with van der Waals surface area (Å²) in [5.74, 6) is -0.442. The maximum Gasteiger partial charge on any atom is 0.271 e. The Morgan fingerprint density at radius 3 is 2.43 bits per heavy atom. The molecule has 0 spiro atoms. The monoisotopic (exact) mass is 480 g/mol. The van der Waals surface area contributed by atoms with E-state index >= 15 is 0 Å². The van der Waals surface area contributed by atoms with Crippen molar-refractivity contribution in [3.63, 3.8) is 0 Å².